The average molecular weight is 279 g/mol. The molecule has 1 fully saturated rings. The van der Waals surface area contributed by atoms with Crippen LogP contribution in [-0.2, 0) is 4.74 Å². The van der Waals surface area contributed by atoms with Crippen LogP contribution in [0.1, 0.15) is 5.01 Å². The number of morpholine rings is 1. The van der Waals surface area contributed by atoms with E-state index in [1.807, 2.05) is 19.1 Å². The zero-order valence-corrected chi connectivity index (χ0v) is 11.6. The maximum Gasteiger partial charge on any atom is 0.0980 e. The summed E-state index contributed by atoms with van der Waals surface area (Å²) < 4.78 is 6.58. The van der Waals surface area contributed by atoms with Gasteiger partial charge in [-0.25, -0.2) is 4.98 Å². The van der Waals surface area contributed by atoms with Gasteiger partial charge in [0.2, 0.25) is 0 Å². The number of benzene rings is 1. The molecular weight excluding hydrogens is 262 g/mol. The number of aliphatic hydroxyl groups excluding tert-OH is 1. The first-order valence-corrected chi connectivity index (χ1v) is 7.13. The second-order valence-electron chi connectivity index (χ2n) is 4.73. The van der Waals surface area contributed by atoms with Crippen molar-refractivity contribution in [1.82, 2.24) is 4.98 Å². The lowest BCUT2D eigenvalue weighted by Gasteiger charge is -2.34. The van der Waals surface area contributed by atoms with E-state index in [2.05, 4.69) is 9.88 Å². The first-order valence-electron chi connectivity index (χ1n) is 6.31. The van der Waals surface area contributed by atoms with E-state index in [0.717, 1.165) is 33.1 Å². The van der Waals surface area contributed by atoms with E-state index < -0.39 is 0 Å². The SMILES string of the molecule is Cc1nc2cc(N3CCOC(CO)C3)c(N)cc2s1. The number of aromatic nitrogens is 1. The van der Waals surface area contributed by atoms with Gasteiger partial charge in [0, 0.05) is 13.1 Å². The molecular formula is C13H17N3O2S. The Balaban J connectivity index is 1.96. The smallest absolute Gasteiger partial charge is 0.0980 e. The Labute approximate surface area is 115 Å². The van der Waals surface area contributed by atoms with Gasteiger partial charge in [0.15, 0.2) is 0 Å². The van der Waals surface area contributed by atoms with Crippen molar-refractivity contribution < 1.29 is 9.84 Å². The maximum atomic E-state index is 9.21. The Morgan fingerprint density at radius 3 is 3.21 bits per heavy atom. The van der Waals surface area contributed by atoms with Crippen LogP contribution in [0.4, 0.5) is 11.4 Å². The highest BCUT2D eigenvalue weighted by atomic mass is 32.1. The van der Waals surface area contributed by atoms with Crippen LogP contribution in [0.5, 0.6) is 0 Å². The molecule has 102 valence electrons. The van der Waals surface area contributed by atoms with Crippen LogP contribution in [0.25, 0.3) is 10.2 Å². The number of hydrogen-bond donors (Lipinski definition) is 2. The largest absolute Gasteiger partial charge is 0.397 e. The Kier molecular flexibility index (Phi) is 3.30. The molecule has 5 nitrogen and oxygen atoms in total. The van der Waals surface area contributed by atoms with Crippen molar-refractivity contribution in [3.05, 3.63) is 17.1 Å². The first kappa shape index (κ1) is 12.7. The molecule has 0 spiro atoms. The zero-order valence-electron chi connectivity index (χ0n) is 10.8. The zero-order chi connectivity index (χ0) is 13.4. The van der Waals surface area contributed by atoms with Gasteiger partial charge in [-0.3, -0.25) is 0 Å². The van der Waals surface area contributed by atoms with Crippen LogP contribution in [-0.4, -0.2) is 42.5 Å². The number of fused-ring (bicyclic) bond motifs is 1. The molecule has 6 heteroatoms. The van der Waals surface area contributed by atoms with E-state index in [0.29, 0.717) is 13.2 Å². The van der Waals surface area contributed by atoms with E-state index in [9.17, 15) is 5.11 Å². The number of ether oxygens (including phenoxy) is 1. The molecule has 1 aliphatic heterocycles. The number of rotatable bonds is 2. The number of nitrogens with two attached hydrogens (primary N) is 1. The number of nitrogen functional groups attached to an aromatic ring is 1. The topological polar surface area (TPSA) is 71.6 Å². The maximum absolute atomic E-state index is 9.21. The summed E-state index contributed by atoms with van der Waals surface area (Å²) in [6.07, 6.45) is -0.138. The van der Waals surface area contributed by atoms with Crippen LogP contribution in [0, 0.1) is 6.92 Å². The van der Waals surface area contributed by atoms with Gasteiger partial charge < -0.3 is 20.5 Å². The van der Waals surface area contributed by atoms with E-state index >= 15 is 0 Å². The third kappa shape index (κ3) is 2.39. The van der Waals surface area contributed by atoms with Crippen LogP contribution in [0.3, 0.4) is 0 Å². The Bertz CT molecular complexity index is 599. The molecule has 1 aromatic carbocycles. The summed E-state index contributed by atoms with van der Waals surface area (Å²) in [7, 11) is 0. The second kappa shape index (κ2) is 4.96. The van der Waals surface area contributed by atoms with Gasteiger partial charge >= 0.3 is 0 Å². The molecule has 0 bridgehead atoms. The van der Waals surface area contributed by atoms with Crippen molar-refractivity contribution >= 4 is 32.9 Å². The highest BCUT2D eigenvalue weighted by Crippen LogP contribution is 2.32. The van der Waals surface area contributed by atoms with Crippen molar-refractivity contribution in [1.29, 1.82) is 0 Å². The van der Waals surface area contributed by atoms with Gasteiger partial charge in [0.25, 0.3) is 0 Å². The van der Waals surface area contributed by atoms with E-state index in [-0.39, 0.29) is 12.7 Å². The number of nitrogens with zero attached hydrogens (tertiary/aromatic N) is 2. The van der Waals surface area contributed by atoms with E-state index in [1.54, 1.807) is 11.3 Å². The lowest BCUT2D eigenvalue weighted by atomic mass is 10.2. The fourth-order valence-electron chi connectivity index (χ4n) is 2.42. The summed E-state index contributed by atoms with van der Waals surface area (Å²) in [4.78, 5) is 6.67. The minimum atomic E-state index is -0.138. The van der Waals surface area contributed by atoms with Crippen LogP contribution < -0.4 is 10.6 Å². The van der Waals surface area contributed by atoms with Gasteiger partial charge in [-0.05, 0) is 19.1 Å². The van der Waals surface area contributed by atoms with Crippen molar-refractivity contribution in [2.24, 2.45) is 0 Å². The number of thiazole rings is 1. The lowest BCUT2D eigenvalue weighted by molar-refractivity contribution is 0.00361. The third-order valence-electron chi connectivity index (χ3n) is 3.33. The predicted octanol–water partition coefficient (Wildman–Crippen LogP) is 1.38. The fourth-order valence-corrected chi connectivity index (χ4v) is 3.27. The second-order valence-corrected chi connectivity index (χ2v) is 5.97. The molecule has 0 aliphatic carbocycles. The molecule has 1 aromatic heterocycles. The van der Waals surface area contributed by atoms with Crippen molar-refractivity contribution in [3.63, 3.8) is 0 Å². The molecule has 2 aromatic rings. The highest BCUT2D eigenvalue weighted by Gasteiger charge is 2.22. The van der Waals surface area contributed by atoms with Gasteiger partial charge in [-0.1, -0.05) is 0 Å². The van der Waals surface area contributed by atoms with Crippen LogP contribution in [0.2, 0.25) is 0 Å². The summed E-state index contributed by atoms with van der Waals surface area (Å²) in [5.41, 5.74) is 8.88. The Morgan fingerprint density at radius 2 is 2.42 bits per heavy atom. The molecule has 2 heterocycles. The number of hydrogen-bond acceptors (Lipinski definition) is 6. The summed E-state index contributed by atoms with van der Waals surface area (Å²) >= 11 is 1.65. The minimum Gasteiger partial charge on any atom is -0.397 e. The normalized spacial score (nSPS) is 20.1. The Hall–Kier alpha value is -1.37. The summed E-state index contributed by atoms with van der Waals surface area (Å²) in [5, 5.41) is 10.2. The molecule has 0 saturated carbocycles. The van der Waals surface area contributed by atoms with E-state index in [1.165, 1.54) is 0 Å². The lowest BCUT2D eigenvalue weighted by Crippen LogP contribution is -2.44. The van der Waals surface area contributed by atoms with Crippen LogP contribution >= 0.6 is 11.3 Å². The molecule has 3 N–H and O–H groups in total. The molecule has 1 atom stereocenters. The van der Waals surface area contributed by atoms with Crippen LogP contribution in [0.15, 0.2) is 12.1 Å². The number of anilines is 2. The highest BCUT2D eigenvalue weighted by molar-refractivity contribution is 7.18. The predicted molar refractivity (Wildman–Crippen MR) is 77.8 cm³/mol. The van der Waals surface area contributed by atoms with Gasteiger partial charge in [0.05, 0.1) is 45.9 Å². The van der Waals surface area contributed by atoms with Gasteiger partial charge in [-0.15, -0.1) is 11.3 Å². The molecule has 3 rings (SSSR count). The summed E-state index contributed by atoms with van der Waals surface area (Å²) in [6.45, 7) is 4.09. The van der Waals surface area contributed by atoms with Crippen molar-refractivity contribution in [2.75, 3.05) is 36.9 Å². The fraction of sp³-hybridized carbons (Fsp3) is 0.462. The molecule has 19 heavy (non-hydrogen) atoms. The summed E-state index contributed by atoms with van der Waals surface area (Å²) in [5.74, 6) is 0. The molecule has 1 unspecified atom stereocenters. The third-order valence-corrected chi connectivity index (χ3v) is 4.26. The van der Waals surface area contributed by atoms with Crippen molar-refractivity contribution in [2.45, 2.75) is 13.0 Å². The van der Waals surface area contributed by atoms with E-state index in [4.69, 9.17) is 10.5 Å². The minimum absolute atomic E-state index is 0.0362. The van der Waals surface area contributed by atoms with Crippen molar-refractivity contribution in [3.8, 4) is 0 Å². The molecule has 1 saturated heterocycles. The standard InChI is InChI=1S/C13H17N3O2S/c1-8-15-11-5-12(10(14)4-13(11)19-8)16-2-3-18-9(6-16)7-17/h4-5,9,17H,2-3,6-7,14H2,1H3. The molecule has 0 radical (unpaired) electrons. The summed E-state index contributed by atoms with van der Waals surface area (Å²) in [6, 6.07) is 4.02. The Morgan fingerprint density at radius 1 is 1.58 bits per heavy atom. The monoisotopic (exact) mass is 279 g/mol. The molecule has 0 amide bonds. The molecule has 1 aliphatic rings. The van der Waals surface area contributed by atoms with Gasteiger partial charge in [0.1, 0.15) is 0 Å². The number of aliphatic hydroxyl groups is 1. The quantitative estimate of drug-likeness (QED) is 0.813. The number of aryl methyl sites for hydroxylation is 1. The average Bonchev–Trinajstić information content (AvgIpc) is 2.77. The first-order chi connectivity index (χ1) is 9.17. The van der Waals surface area contributed by atoms with Gasteiger partial charge in [-0.2, -0.15) is 0 Å².